The van der Waals surface area contributed by atoms with Crippen LogP contribution < -0.4 is 10.2 Å². The van der Waals surface area contributed by atoms with Gasteiger partial charge >= 0.3 is 0 Å². The summed E-state index contributed by atoms with van der Waals surface area (Å²) in [6.07, 6.45) is 0. The molecule has 4 aromatic rings. The van der Waals surface area contributed by atoms with E-state index in [9.17, 15) is 4.79 Å². The Morgan fingerprint density at radius 3 is 2.53 bits per heavy atom. The predicted octanol–water partition coefficient (Wildman–Crippen LogP) is 4.88. The van der Waals surface area contributed by atoms with Crippen molar-refractivity contribution < 1.29 is 9.53 Å². The monoisotopic (exact) mass is 471 g/mol. The summed E-state index contributed by atoms with van der Waals surface area (Å²) in [5.74, 6) is 1.37. The quantitative estimate of drug-likeness (QED) is 0.225. The number of carbonyl (C=O) groups is 1. The van der Waals surface area contributed by atoms with Crippen LogP contribution in [0.5, 0.6) is 5.75 Å². The van der Waals surface area contributed by atoms with Gasteiger partial charge in [-0.3, -0.25) is 9.36 Å². The zero-order chi connectivity index (χ0) is 23.9. The van der Waals surface area contributed by atoms with Crippen LogP contribution in [0, 0.1) is 6.92 Å². The lowest BCUT2D eigenvalue weighted by molar-refractivity contribution is -0.118. The van der Waals surface area contributed by atoms with Crippen molar-refractivity contribution in [1.29, 1.82) is 0 Å². The highest BCUT2D eigenvalue weighted by Gasteiger charge is 2.17. The van der Waals surface area contributed by atoms with Gasteiger partial charge < -0.3 is 4.74 Å². The first-order valence-electron chi connectivity index (χ1n) is 10.7. The van der Waals surface area contributed by atoms with E-state index in [1.165, 1.54) is 11.8 Å². The zero-order valence-electron chi connectivity index (χ0n) is 19.2. The first kappa shape index (κ1) is 23.3. The molecule has 1 heterocycles. The second kappa shape index (κ2) is 10.8. The van der Waals surface area contributed by atoms with Crippen molar-refractivity contribution in [2.24, 2.45) is 5.10 Å². The number of carbonyl (C=O) groups excluding carboxylic acids is 1. The Balaban J connectivity index is 1.51. The second-order valence-corrected chi connectivity index (χ2v) is 8.54. The minimum atomic E-state index is -0.230. The van der Waals surface area contributed by atoms with Gasteiger partial charge in [0.15, 0.2) is 11.0 Å². The summed E-state index contributed by atoms with van der Waals surface area (Å²) in [5, 5.41) is 13.6. The minimum absolute atomic E-state index is 0.147. The average molecular weight is 472 g/mol. The van der Waals surface area contributed by atoms with E-state index in [1.54, 1.807) is 7.11 Å². The van der Waals surface area contributed by atoms with Crippen molar-refractivity contribution in [3.05, 3.63) is 90.0 Å². The van der Waals surface area contributed by atoms with Crippen molar-refractivity contribution in [3.63, 3.8) is 0 Å². The average Bonchev–Trinajstić information content (AvgIpc) is 3.31. The number of aryl methyl sites for hydroxylation is 1. The molecule has 1 N–H and O–H groups in total. The molecular weight excluding hydrogens is 446 g/mol. The van der Waals surface area contributed by atoms with Crippen LogP contribution in [0.3, 0.4) is 0 Å². The van der Waals surface area contributed by atoms with E-state index in [0.29, 0.717) is 10.9 Å². The normalized spacial score (nSPS) is 11.3. The Kier molecular flexibility index (Phi) is 7.39. The third-order valence-corrected chi connectivity index (χ3v) is 6.05. The number of ether oxygens (including phenoxy) is 1. The van der Waals surface area contributed by atoms with Gasteiger partial charge in [0.25, 0.3) is 5.91 Å². The van der Waals surface area contributed by atoms with E-state index in [2.05, 4.69) is 20.7 Å². The lowest BCUT2D eigenvalue weighted by atomic mass is 10.1. The smallest absolute Gasteiger partial charge is 0.250 e. The van der Waals surface area contributed by atoms with E-state index in [4.69, 9.17) is 4.74 Å². The van der Waals surface area contributed by atoms with Gasteiger partial charge in [-0.1, -0.05) is 71.9 Å². The molecule has 0 spiro atoms. The Bertz CT molecular complexity index is 1300. The first-order chi connectivity index (χ1) is 16.5. The molecule has 0 saturated heterocycles. The summed E-state index contributed by atoms with van der Waals surface area (Å²) in [4.78, 5) is 12.5. The molecule has 34 heavy (non-hydrogen) atoms. The highest BCUT2D eigenvalue weighted by molar-refractivity contribution is 7.99. The lowest BCUT2D eigenvalue weighted by Gasteiger charge is -2.10. The number of hydrogen-bond acceptors (Lipinski definition) is 6. The van der Waals surface area contributed by atoms with Crippen molar-refractivity contribution in [2.45, 2.75) is 19.0 Å². The first-order valence-corrected chi connectivity index (χ1v) is 11.7. The highest BCUT2D eigenvalue weighted by atomic mass is 32.2. The maximum atomic E-state index is 12.5. The van der Waals surface area contributed by atoms with Crippen LogP contribution in [0.15, 0.2) is 89.1 Å². The van der Waals surface area contributed by atoms with Crippen molar-refractivity contribution >= 4 is 23.4 Å². The molecule has 7 nitrogen and oxygen atoms in total. The summed E-state index contributed by atoms with van der Waals surface area (Å²) < 4.78 is 7.22. The summed E-state index contributed by atoms with van der Waals surface area (Å²) in [6, 6.07) is 25.5. The largest absolute Gasteiger partial charge is 0.497 e. The Labute approximate surface area is 202 Å². The number of nitrogens with zero attached hydrogens (tertiary/aromatic N) is 4. The molecule has 172 valence electrons. The fraction of sp³-hybridized carbons (Fsp3) is 0.154. The van der Waals surface area contributed by atoms with E-state index in [1.807, 2.05) is 97.3 Å². The summed E-state index contributed by atoms with van der Waals surface area (Å²) in [6.45, 7) is 3.88. The number of amides is 1. The van der Waals surface area contributed by atoms with Gasteiger partial charge in [-0.05, 0) is 38.1 Å². The number of thioether (sulfide) groups is 1. The highest BCUT2D eigenvalue weighted by Crippen LogP contribution is 2.28. The number of hydrogen-bond donors (Lipinski definition) is 1. The van der Waals surface area contributed by atoms with Crippen LogP contribution >= 0.6 is 11.8 Å². The second-order valence-electron chi connectivity index (χ2n) is 7.60. The number of aromatic nitrogens is 3. The number of benzene rings is 3. The van der Waals surface area contributed by atoms with E-state index in [-0.39, 0.29) is 11.7 Å². The lowest BCUT2D eigenvalue weighted by Crippen LogP contribution is -2.21. The van der Waals surface area contributed by atoms with Crippen LogP contribution in [0.4, 0.5) is 0 Å². The maximum absolute atomic E-state index is 12.5. The molecule has 0 saturated carbocycles. The summed E-state index contributed by atoms with van der Waals surface area (Å²) in [7, 11) is 1.61. The number of rotatable bonds is 8. The molecule has 8 heteroatoms. The fourth-order valence-corrected chi connectivity index (χ4v) is 4.03. The van der Waals surface area contributed by atoms with Crippen molar-refractivity contribution in [3.8, 4) is 22.8 Å². The molecule has 0 fully saturated rings. The van der Waals surface area contributed by atoms with Gasteiger partial charge in [0.05, 0.1) is 18.6 Å². The molecule has 0 aliphatic rings. The Morgan fingerprint density at radius 1 is 1.03 bits per heavy atom. The van der Waals surface area contributed by atoms with Crippen LogP contribution in [-0.4, -0.2) is 39.2 Å². The number of nitrogens with one attached hydrogen (secondary N) is 1. The predicted molar refractivity (Wildman–Crippen MR) is 136 cm³/mol. The van der Waals surface area contributed by atoms with Gasteiger partial charge in [-0.25, -0.2) is 5.43 Å². The third kappa shape index (κ3) is 5.52. The van der Waals surface area contributed by atoms with Gasteiger partial charge in [0.1, 0.15) is 5.75 Å². The molecule has 1 aromatic heterocycles. The number of methoxy groups -OCH3 is 1. The van der Waals surface area contributed by atoms with E-state index < -0.39 is 0 Å². The molecule has 1 amide bonds. The zero-order valence-corrected chi connectivity index (χ0v) is 20.0. The Hall–Kier alpha value is -3.91. The molecule has 0 radical (unpaired) electrons. The Morgan fingerprint density at radius 2 is 1.79 bits per heavy atom. The van der Waals surface area contributed by atoms with Gasteiger partial charge in [0.2, 0.25) is 0 Å². The van der Waals surface area contributed by atoms with E-state index >= 15 is 0 Å². The molecule has 3 aromatic carbocycles. The number of hydrazone groups is 1. The van der Waals surface area contributed by atoms with Crippen molar-refractivity contribution in [2.75, 3.05) is 12.9 Å². The van der Waals surface area contributed by atoms with E-state index in [0.717, 1.165) is 34.0 Å². The summed E-state index contributed by atoms with van der Waals surface area (Å²) >= 11 is 1.31. The molecule has 0 unspecified atom stereocenters. The van der Waals surface area contributed by atoms with Crippen LogP contribution in [0.2, 0.25) is 0 Å². The van der Waals surface area contributed by atoms with Gasteiger partial charge in [-0.15, -0.1) is 10.2 Å². The van der Waals surface area contributed by atoms with Crippen molar-refractivity contribution in [1.82, 2.24) is 20.2 Å². The molecular formula is C26H25N5O2S. The molecule has 4 rings (SSSR count). The summed E-state index contributed by atoms with van der Waals surface area (Å²) in [5.41, 5.74) is 7.23. The SMILES string of the molecule is COc1cccc(/C(C)=N\NC(=O)CSc2nnc(-c3ccccc3)n2-c2ccc(C)cc2)c1. The topological polar surface area (TPSA) is 81.4 Å². The van der Waals surface area contributed by atoms with Crippen LogP contribution in [0.1, 0.15) is 18.1 Å². The fourth-order valence-electron chi connectivity index (χ4n) is 3.29. The minimum Gasteiger partial charge on any atom is -0.497 e. The van der Waals surface area contributed by atoms with Crippen LogP contribution in [0.25, 0.3) is 17.1 Å². The molecule has 0 atom stereocenters. The van der Waals surface area contributed by atoms with Crippen LogP contribution in [-0.2, 0) is 4.79 Å². The van der Waals surface area contributed by atoms with Gasteiger partial charge in [-0.2, -0.15) is 5.10 Å². The van der Waals surface area contributed by atoms with Gasteiger partial charge in [0, 0.05) is 16.8 Å². The molecule has 0 aliphatic heterocycles. The maximum Gasteiger partial charge on any atom is 0.250 e. The third-order valence-electron chi connectivity index (χ3n) is 5.13. The standard InChI is InChI=1S/C26H25N5O2S/c1-18-12-14-22(15-13-18)31-25(20-8-5-4-6-9-20)29-30-26(31)34-17-24(32)28-27-19(2)21-10-7-11-23(16-21)33-3/h4-16H,17H2,1-3H3,(H,28,32)/b27-19-. The molecule has 0 aliphatic carbocycles. The molecule has 0 bridgehead atoms.